The van der Waals surface area contributed by atoms with Crippen LogP contribution in [0.25, 0.3) is 0 Å². The van der Waals surface area contributed by atoms with Crippen LogP contribution < -0.4 is 10.1 Å². The van der Waals surface area contributed by atoms with E-state index in [2.05, 4.69) is 15.5 Å². The molecule has 3 aromatic rings. The lowest BCUT2D eigenvalue weighted by molar-refractivity contribution is -0.148. The first-order valence-corrected chi connectivity index (χ1v) is 12.9. The zero-order chi connectivity index (χ0) is 28.0. The van der Waals surface area contributed by atoms with Crippen molar-refractivity contribution in [2.75, 3.05) is 6.54 Å². The van der Waals surface area contributed by atoms with Crippen molar-refractivity contribution in [2.45, 2.75) is 57.8 Å². The summed E-state index contributed by atoms with van der Waals surface area (Å²) >= 11 is 0. The van der Waals surface area contributed by atoms with Crippen LogP contribution in [0, 0.1) is 0 Å². The Hall–Kier alpha value is -4.26. The molecule has 6 rings (SSSR count). The minimum Gasteiger partial charge on any atom is -0.489 e. The number of amides is 3. The molecule has 40 heavy (non-hydrogen) atoms. The summed E-state index contributed by atoms with van der Waals surface area (Å²) in [4.78, 5) is 40.3. The van der Waals surface area contributed by atoms with Gasteiger partial charge in [-0.3, -0.25) is 24.6 Å². The molecule has 1 unspecified atom stereocenters. The predicted octanol–water partition coefficient (Wildman–Crippen LogP) is 2.65. The summed E-state index contributed by atoms with van der Waals surface area (Å²) in [7, 11) is 0. The average molecular weight is 555 g/mol. The summed E-state index contributed by atoms with van der Waals surface area (Å²) in [5.41, 5.74) is 3.09. The van der Waals surface area contributed by atoms with Crippen LogP contribution in [0.3, 0.4) is 0 Å². The smallest absolute Gasteiger partial charge is 0.451 e. The lowest BCUT2D eigenvalue weighted by Gasteiger charge is -2.29. The fourth-order valence-electron chi connectivity index (χ4n) is 5.40. The quantitative estimate of drug-likeness (QED) is 0.467. The minimum atomic E-state index is -4.52. The Kier molecular flexibility index (Phi) is 6.53. The third-order valence-electron chi connectivity index (χ3n) is 7.45. The number of nitrogens with one attached hydrogen (secondary N) is 1. The van der Waals surface area contributed by atoms with Gasteiger partial charge in [0.15, 0.2) is 0 Å². The summed E-state index contributed by atoms with van der Waals surface area (Å²) in [6.45, 7) is 1.95. The number of aromatic nitrogens is 3. The first kappa shape index (κ1) is 26.0. The number of halogens is 3. The predicted molar refractivity (Wildman–Crippen MR) is 132 cm³/mol. The molecule has 3 aliphatic rings. The molecule has 0 bridgehead atoms. The van der Waals surface area contributed by atoms with Crippen LogP contribution in [0.5, 0.6) is 5.75 Å². The number of fused-ring (bicyclic) bond motifs is 2. The maximum absolute atomic E-state index is 13.1. The molecular formula is C27H25F3N6O4. The number of nitrogens with zero attached hydrogens (tertiary/aromatic N) is 5. The second kappa shape index (κ2) is 10.0. The third kappa shape index (κ3) is 4.92. The van der Waals surface area contributed by atoms with Crippen LogP contribution in [0.4, 0.5) is 13.2 Å². The van der Waals surface area contributed by atoms with Crippen molar-refractivity contribution < 1.29 is 32.3 Å². The highest BCUT2D eigenvalue weighted by Crippen LogP contribution is 2.34. The van der Waals surface area contributed by atoms with Crippen LogP contribution >= 0.6 is 0 Å². The van der Waals surface area contributed by atoms with E-state index in [4.69, 9.17) is 4.74 Å². The molecule has 10 nitrogen and oxygen atoms in total. The van der Waals surface area contributed by atoms with Gasteiger partial charge in [-0.1, -0.05) is 30.3 Å². The molecule has 3 aliphatic heterocycles. The maximum atomic E-state index is 13.1. The van der Waals surface area contributed by atoms with Gasteiger partial charge >= 0.3 is 6.18 Å². The normalized spacial score (nSPS) is 19.4. The Morgan fingerprint density at radius 1 is 0.975 bits per heavy atom. The van der Waals surface area contributed by atoms with E-state index in [9.17, 15) is 27.6 Å². The first-order valence-electron chi connectivity index (χ1n) is 12.9. The van der Waals surface area contributed by atoms with Gasteiger partial charge in [0.25, 0.3) is 5.91 Å². The van der Waals surface area contributed by atoms with E-state index in [1.165, 1.54) is 4.90 Å². The Bertz CT molecular complexity index is 1490. The van der Waals surface area contributed by atoms with E-state index in [-0.39, 0.29) is 44.5 Å². The molecule has 3 amide bonds. The van der Waals surface area contributed by atoms with Crippen molar-refractivity contribution in [1.29, 1.82) is 0 Å². The fourth-order valence-corrected chi connectivity index (χ4v) is 5.40. The summed E-state index contributed by atoms with van der Waals surface area (Å²) in [5, 5.41) is 9.35. The highest BCUT2D eigenvalue weighted by molar-refractivity contribution is 6.05. The molecule has 1 aromatic heterocycles. The van der Waals surface area contributed by atoms with Crippen LogP contribution in [0.1, 0.15) is 51.5 Å². The van der Waals surface area contributed by atoms with Gasteiger partial charge in [-0.05, 0) is 29.7 Å². The topological polar surface area (TPSA) is 110 Å². The van der Waals surface area contributed by atoms with Gasteiger partial charge in [-0.25, -0.2) is 0 Å². The van der Waals surface area contributed by atoms with E-state index in [1.807, 2.05) is 29.2 Å². The molecule has 208 valence electrons. The number of carbonyl (C=O) groups is 3. The molecule has 0 saturated carbocycles. The lowest BCUT2D eigenvalue weighted by Crippen LogP contribution is -2.52. The van der Waals surface area contributed by atoms with E-state index in [1.54, 1.807) is 18.2 Å². The van der Waals surface area contributed by atoms with Crippen molar-refractivity contribution in [3.05, 3.63) is 76.4 Å². The van der Waals surface area contributed by atoms with Crippen LogP contribution in [0.2, 0.25) is 0 Å². The van der Waals surface area contributed by atoms with Crippen LogP contribution in [-0.4, -0.2) is 54.9 Å². The van der Waals surface area contributed by atoms with E-state index >= 15 is 0 Å². The SMILES string of the molecule is O=C1CCC(N2Cc3c(OCc4ccc(CN5CCn6c(nnc6C(F)(F)F)C5)cc4)cccc3C2=O)C(=O)N1. The number of piperidine rings is 1. The highest BCUT2D eigenvalue weighted by Gasteiger charge is 2.41. The number of ether oxygens (including phenoxy) is 1. The molecule has 0 spiro atoms. The van der Waals surface area contributed by atoms with Gasteiger partial charge in [0, 0.05) is 37.2 Å². The molecule has 2 aromatic carbocycles. The second-order valence-electron chi connectivity index (χ2n) is 10.1. The van der Waals surface area contributed by atoms with Crippen molar-refractivity contribution in [2.24, 2.45) is 0 Å². The van der Waals surface area contributed by atoms with Gasteiger partial charge in [0.05, 0.1) is 13.1 Å². The number of hydrogen-bond acceptors (Lipinski definition) is 7. The van der Waals surface area contributed by atoms with Crippen LogP contribution in [0.15, 0.2) is 42.5 Å². The highest BCUT2D eigenvalue weighted by atomic mass is 19.4. The maximum Gasteiger partial charge on any atom is 0.451 e. The Balaban J connectivity index is 1.07. The Labute approximate surface area is 226 Å². The summed E-state index contributed by atoms with van der Waals surface area (Å²) in [5.74, 6) is -1.15. The van der Waals surface area contributed by atoms with Crippen molar-refractivity contribution >= 4 is 17.7 Å². The van der Waals surface area contributed by atoms with Crippen molar-refractivity contribution in [3.63, 3.8) is 0 Å². The van der Waals surface area contributed by atoms with Gasteiger partial charge in [0.2, 0.25) is 17.6 Å². The van der Waals surface area contributed by atoms with E-state index < -0.39 is 23.9 Å². The molecule has 1 saturated heterocycles. The lowest BCUT2D eigenvalue weighted by atomic mass is 10.0. The molecule has 13 heteroatoms. The number of alkyl halides is 3. The first-order chi connectivity index (χ1) is 19.2. The van der Waals surface area contributed by atoms with Crippen molar-refractivity contribution in [1.82, 2.24) is 29.9 Å². The monoisotopic (exact) mass is 554 g/mol. The zero-order valence-electron chi connectivity index (χ0n) is 21.3. The van der Waals surface area contributed by atoms with Gasteiger partial charge < -0.3 is 14.2 Å². The molecule has 0 radical (unpaired) electrons. The Morgan fingerprint density at radius 2 is 1.75 bits per heavy atom. The fraction of sp³-hybridized carbons (Fsp3) is 0.370. The minimum absolute atomic E-state index is 0.175. The number of hydrogen-bond donors (Lipinski definition) is 1. The van der Waals surface area contributed by atoms with E-state index in [0.29, 0.717) is 42.2 Å². The van der Waals surface area contributed by atoms with Gasteiger partial charge in [0.1, 0.15) is 24.2 Å². The molecule has 4 heterocycles. The summed E-state index contributed by atoms with van der Waals surface area (Å²) in [6, 6.07) is 12.3. The third-order valence-corrected chi connectivity index (χ3v) is 7.45. The van der Waals surface area contributed by atoms with Gasteiger partial charge in [-0.2, -0.15) is 13.2 Å². The molecular weight excluding hydrogens is 529 g/mol. The Morgan fingerprint density at radius 3 is 2.50 bits per heavy atom. The standard InChI is InChI=1S/C27H25F3N6O4/c28-27(29,30)26-33-32-22-14-34(10-11-35(22)26)12-16-4-6-17(7-5-16)15-40-21-3-1-2-18-19(21)13-36(25(18)39)20-8-9-23(37)31-24(20)38/h1-7,20H,8-15H2,(H,31,37,38). The molecule has 1 N–H and O–H groups in total. The zero-order valence-corrected chi connectivity index (χ0v) is 21.3. The second-order valence-corrected chi connectivity index (χ2v) is 10.1. The summed E-state index contributed by atoms with van der Waals surface area (Å²) in [6.07, 6.45) is -4.04. The molecule has 1 atom stereocenters. The largest absolute Gasteiger partial charge is 0.489 e. The average Bonchev–Trinajstić information content (AvgIpc) is 3.50. The number of benzene rings is 2. The van der Waals surface area contributed by atoms with Crippen molar-refractivity contribution in [3.8, 4) is 5.75 Å². The molecule has 0 aliphatic carbocycles. The number of carbonyl (C=O) groups excluding carboxylic acids is 3. The number of imide groups is 1. The molecule has 1 fully saturated rings. The number of rotatable bonds is 6. The summed E-state index contributed by atoms with van der Waals surface area (Å²) < 4.78 is 46.4. The van der Waals surface area contributed by atoms with E-state index in [0.717, 1.165) is 15.7 Å². The van der Waals surface area contributed by atoms with Crippen LogP contribution in [-0.2, 0) is 48.6 Å². The van der Waals surface area contributed by atoms with Gasteiger partial charge in [-0.15, -0.1) is 10.2 Å².